The molecule has 39 heavy (non-hydrogen) atoms. The summed E-state index contributed by atoms with van der Waals surface area (Å²) in [4.78, 5) is 30.8. The lowest BCUT2D eigenvalue weighted by molar-refractivity contribution is -0.137. The molecule has 2 heterocycles. The number of oxazole rings is 1. The number of hydrogen-bond acceptors (Lipinski definition) is 5. The van der Waals surface area contributed by atoms with Crippen molar-refractivity contribution in [3.8, 4) is 11.5 Å². The Hall–Kier alpha value is -3.63. The van der Waals surface area contributed by atoms with Crippen LogP contribution in [0.1, 0.15) is 56.0 Å². The fourth-order valence-electron chi connectivity index (χ4n) is 4.38. The first-order chi connectivity index (χ1) is 18.1. The second-order valence-electron chi connectivity index (χ2n) is 10.1. The standard InChI is InChI=1S/C28H27ClF3N3O4/c1-14(2)22-15(3)35(13-21(36)33-20-11-10-18(12-19(20)29)28(30,31)32)25-24(23(22)37)39-26(34-25)16-6-8-17(9-7-16)27(4,5)38/h6-12,14,38H,13H2,1-5H3,(H,33,36). The third-order valence-electron chi connectivity index (χ3n) is 6.40. The van der Waals surface area contributed by atoms with E-state index in [2.05, 4.69) is 10.3 Å². The predicted molar refractivity (Wildman–Crippen MR) is 143 cm³/mol. The van der Waals surface area contributed by atoms with Gasteiger partial charge in [0.1, 0.15) is 6.54 Å². The lowest BCUT2D eigenvalue weighted by Crippen LogP contribution is -2.25. The van der Waals surface area contributed by atoms with Crippen LogP contribution in [0.15, 0.2) is 51.7 Å². The Morgan fingerprint density at radius 1 is 1.13 bits per heavy atom. The predicted octanol–water partition coefficient (Wildman–Crippen LogP) is 6.63. The first-order valence-electron chi connectivity index (χ1n) is 12.1. The van der Waals surface area contributed by atoms with Crippen LogP contribution in [0.25, 0.3) is 22.7 Å². The van der Waals surface area contributed by atoms with Gasteiger partial charge in [0.05, 0.1) is 21.9 Å². The minimum absolute atomic E-state index is 0.0152. The molecule has 4 aromatic rings. The number of alkyl halides is 3. The number of benzene rings is 2. The molecule has 0 spiro atoms. The Kier molecular flexibility index (Phi) is 7.39. The van der Waals surface area contributed by atoms with Crippen molar-refractivity contribution in [1.82, 2.24) is 9.55 Å². The van der Waals surface area contributed by atoms with Crippen LogP contribution in [0.5, 0.6) is 0 Å². The van der Waals surface area contributed by atoms with E-state index >= 15 is 0 Å². The second-order valence-corrected chi connectivity index (χ2v) is 10.5. The van der Waals surface area contributed by atoms with Crippen LogP contribution in [0.4, 0.5) is 18.9 Å². The number of carbonyl (C=O) groups is 1. The molecule has 4 rings (SSSR count). The van der Waals surface area contributed by atoms with E-state index in [1.165, 1.54) is 4.57 Å². The molecule has 0 atom stereocenters. The van der Waals surface area contributed by atoms with Crippen LogP contribution < -0.4 is 10.7 Å². The summed E-state index contributed by atoms with van der Waals surface area (Å²) in [6.45, 7) is 8.40. The third-order valence-corrected chi connectivity index (χ3v) is 6.71. The Morgan fingerprint density at radius 2 is 1.74 bits per heavy atom. The average molecular weight is 562 g/mol. The molecule has 7 nitrogen and oxygen atoms in total. The number of pyridine rings is 1. The number of aromatic nitrogens is 2. The van der Waals surface area contributed by atoms with E-state index in [9.17, 15) is 27.9 Å². The molecule has 2 aromatic heterocycles. The van der Waals surface area contributed by atoms with Gasteiger partial charge in [-0.1, -0.05) is 37.6 Å². The van der Waals surface area contributed by atoms with Crippen LogP contribution >= 0.6 is 11.6 Å². The molecule has 0 aliphatic rings. The number of hydrogen-bond donors (Lipinski definition) is 2. The normalized spacial score (nSPS) is 12.4. The zero-order chi connectivity index (χ0) is 28.9. The molecule has 0 radical (unpaired) electrons. The van der Waals surface area contributed by atoms with Crippen molar-refractivity contribution in [1.29, 1.82) is 0 Å². The number of halogens is 4. The zero-order valence-corrected chi connectivity index (χ0v) is 22.7. The quantitative estimate of drug-likeness (QED) is 0.275. The SMILES string of the molecule is Cc1c(C(C)C)c(=O)c2oc(-c3ccc(C(C)(C)O)cc3)nc2n1CC(=O)Nc1ccc(C(F)(F)F)cc1Cl. The van der Waals surface area contributed by atoms with Crippen LogP contribution in [0, 0.1) is 6.92 Å². The highest BCUT2D eigenvalue weighted by Crippen LogP contribution is 2.34. The average Bonchev–Trinajstić information content (AvgIpc) is 3.28. The van der Waals surface area contributed by atoms with Gasteiger partial charge in [-0.05, 0) is 62.6 Å². The number of nitrogens with zero attached hydrogens (tertiary/aromatic N) is 2. The highest BCUT2D eigenvalue weighted by molar-refractivity contribution is 6.33. The van der Waals surface area contributed by atoms with Gasteiger partial charge in [0.2, 0.25) is 22.8 Å². The first kappa shape index (κ1) is 28.4. The number of amides is 1. The summed E-state index contributed by atoms with van der Waals surface area (Å²) in [5.74, 6) is -0.622. The summed E-state index contributed by atoms with van der Waals surface area (Å²) < 4.78 is 46.4. The Morgan fingerprint density at radius 3 is 2.28 bits per heavy atom. The topological polar surface area (TPSA) is 97.4 Å². The van der Waals surface area contributed by atoms with Crippen molar-refractivity contribution >= 4 is 34.4 Å². The van der Waals surface area contributed by atoms with Gasteiger partial charge in [-0.2, -0.15) is 18.2 Å². The fourth-order valence-corrected chi connectivity index (χ4v) is 4.61. The molecular weight excluding hydrogens is 535 g/mol. The van der Waals surface area contributed by atoms with Crippen LogP contribution in [0.3, 0.4) is 0 Å². The van der Waals surface area contributed by atoms with Crippen molar-refractivity contribution in [2.45, 2.75) is 58.9 Å². The maximum Gasteiger partial charge on any atom is 0.416 e. The van der Waals surface area contributed by atoms with Gasteiger partial charge in [-0.25, -0.2) is 0 Å². The molecule has 0 fully saturated rings. The van der Waals surface area contributed by atoms with Crippen LogP contribution in [-0.4, -0.2) is 20.6 Å². The summed E-state index contributed by atoms with van der Waals surface area (Å²) in [7, 11) is 0. The van der Waals surface area contributed by atoms with E-state index in [0.717, 1.165) is 18.2 Å². The number of aliphatic hydroxyl groups is 1. The lowest BCUT2D eigenvalue weighted by Gasteiger charge is -2.17. The van der Waals surface area contributed by atoms with Gasteiger partial charge in [0, 0.05) is 16.8 Å². The van der Waals surface area contributed by atoms with Crippen LogP contribution in [-0.2, 0) is 23.1 Å². The Balaban J connectivity index is 1.74. The summed E-state index contributed by atoms with van der Waals surface area (Å²) in [6.07, 6.45) is -4.57. The molecule has 0 saturated carbocycles. The highest BCUT2D eigenvalue weighted by atomic mass is 35.5. The molecule has 0 aliphatic carbocycles. The van der Waals surface area contributed by atoms with Crippen molar-refractivity contribution < 1.29 is 27.5 Å². The van der Waals surface area contributed by atoms with Gasteiger partial charge < -0.3 is 19.4 Å². The smallest absolute Gasteiger partial charge is 0.416 e. The van der Waals surface area contributed by atoms with Crippen molar-refractivity contribution in [3.63, 3.8) is 0 Å². The van der Waals surface area contributed by atoms with E-state index < -0.39 is 23.2 Å². The summed E-state index contributed by atoms with van der Waals surface area (Å²) >= 11 is 6.00. The molecule has 0 aliphatic heterocycles. The zero-order valence-electron chi connectivity index (χ0n) is 21.9. The van der Waals surface area contributed by atoms with Gasteiger partial charge in [0.15, 0.2) is 5.65 Å². The van der Waals surface area contributed by atoms with Crippen LogP contribution in [0.2, 0.25) is 5.02 Å². The molecule has 2 aromatic carbocycles. The fraction of sp³-hybridized carbons (Fsp3) is 0.321. The molecule has 2 N–H and O–H groups in total. The minimum Gasteiger partial charge on any atom is -0.430 e. The number of nitrogens with one attached hydrogen (secondary N) is 1. The largest absolute Gasteiger partial charge is 0.430 e. The van der Waals surface area contributed by atoms with Gasteiger partial charge >= 0.3 is 6.18 Å². The summed E-state index contributed by atoms with van der Waals surface area (Å²) in [5, 5.41) is 12.5. The summed E-state index contributed by atoms with van der Waals surface area (Å²) in [5.41, 5.74) is 0.0227. The lowest BCUT2D eigenvalue weighted by atomic mass is 9.97. The molecule has 1 amide bonds. The van der Waals surface area contributed by atoms with E-state index in [1.807, 2.05) is 13.8 Å². The van der Waals surface area contributed by atoms with Gasteiger partial charge in [0.25, 0.3) is 0 Å². The number of carbonyl (C=O) groups excluding carboxylic acids is 1. The van der Waals surface area contributed by atoms with Gasteiger partial charge in [-0.3, -0.25) is 9.59 Å². The van der Waals surface area contributed by atoms with E-state index in [-0.39, 0.29) is 45.7 Å². The maximum atomic E-state index is 13.3. The second kappa shape index (κ2) is 10.2. The minimum atomic E-state index is -4.57. The highest BCUT2D eigenvalue weighted by Gasteiger charge is 2.31. The van der Waals surface area contributed by atoms with E-state index in [1.54, 1.807) is 45.0 Å². The Bertz CT molecular complexity index is 1620. The molecular formula is C28H27ClF3N3O4. The van der Waals surface area contributed by atoms with Crippen molar-refractivity contribution in [3.05, 3.63) is 80.1 Å². The number of fused-ring (bicyclic) bond motifs is 1. The third kappa shape index (κ3) is 5.72. The number of rotatable bonds is 6. The molecule has 0 saturated heterocycles. The van der Waals surface area contributed by atoms with Crippen molar-refractivity contribution in [2.24, 2.45) is 0 Å². The molecule has 206 valence electrons. The Labute approximate surface area is 227 Å². The summed E-state index contributed by atoms with van der Waals surface area (Å²) in [6, 6.07) is 9.52. The number of anilines is 1. The molecule has 11 heteroatoms. The van der Waals surface area contributed by atoms with Crippen molar-refractivity contribution in [2.75, 3.05) is 5.32 Å². The molecule has 0 unspecified atom stereocenters. The van der Waals surface area contributed by atoms with E-state index in [4.69, 9.17) is 16.0 Å². The first-order valence-corrected chi connectivity index (χ1v) is 12.5. The van der Waals surface area contributed by atoms with E-state index in [0.29, 0.717) is 22.4 Å². The molecule has 0 bridgehead atoms. The maximum absolute atomic E-state index is 13.3. The monoisotopic (exact) mass is 561 g/mol. The van der Waals surface area contributed by atoms with Gasteiger partial charge in [-0.15, -0.1) is 0 Å².